The zero-order valence-corrected chi connectivity index (χ0v) is 15.0. The molecule has 1 aromatic heterocycles. The Labute approximate surface area is 150 Å². The van der Waals surface area contributed by atoms with Crippen molar-refractivity contribution in [2.24, 2.45) is 0 Å². The number of carbonyl (C=O) groups excluding carboxylic acids is 2. The van der Waals surface area contributed by atoms with E-state index in [2.05, 4.69) is 4.98 Å². The average Bonchev–Trinajstić information content (AvgIpc) is 3.04. The number of esters is 1. The first-order chi connectivity index (χ1) is 12.3. The molecule has 134 valence electrons. The number of sulfone groups is 1. The predicted octanol–water partition coefficient (Wildman–Crippen LogP) is 3.00. The third-order valence-corrected chi connectivity index (χ3v) is 5.15. The molecular formula is C19H17NO5S. The van der Waals surface area contributed by atoms with Crippen LogP contribution in [0.2, 0.25) is 0 Å². The van der Waals surface area contributed by atoms with E-state index >= 15 is 0 Å². The maximum Gasteiger partial charge on any atom is 0.338 e. The van der Waals surface area contributed by atoms with E-state index in [4.69, 9.17) is 4.74 Å². The normalized spacial score (nSPS) is 12.7. The molecule has 0 spiro atoms. The summed E-state index contributed by atoms with van der Waals surface area (Å²) in [5, 5.41) is 0.762. The van der Waals surface area contributed by atoms with E-state index in [0.29, 0.717) is 5.56 Å². The van der Waals surface area contributed by atoms with Gasteiger partial charge in [-0.15, -0.1) is 0 Å². The molecule has 3 aromatic rings. The minimum absolute atomic E-state index is 0.108. The Balaban J connectivity index is 1.75. The third kappa shape index (κ3) is 3.52. The zero-order chi connectivity index (χ0) is 18.9. The molecule has 0 bridgehead atoms. The van der Waals surface area contributed by atoms with Gasteiger partial charge in [-0.1, -0.05) is 18.2 Å². The Morgan fingerprint density at radius 2 is 1.69 bits per heavy atom. The second-order valence-corrected chi connectivity index (χ2v) is 7.97. The maximum atomic E-state index is 12.6. The highest BCUT2D eigenvalue weighted by Crippen LogP contribution is 2.20. The Morgan fingerprint density at radius 3 is 2.35 bits per heavy atom. The van der Waals surface area contributed by atoms with Crippen LogP contribution in [0.25, 0.3) is 10.9 Å². The summed E-state index contributed by atoms with van der Waals surface area (Å²) >= 11 is 0. The van der Waals surface area contributed by atoms with E-state index in [1.54, 1.807) is 6.20 Å². The van der Waals surface area contributed by atoms with Gasteiger partial charge in [-0.2, -0.15) is 0 Å². The summed E-state index contributed by atoms with van der Waals surface area (Å²) in [4.78, 5) is 27.9. The molecule has 7 heteroatoms. The first kappa shape index (κ1) is 17.9. The summed E-state index contributed by atoms with van der Waals surface area (Å²) in [6.45, 7) is 1.51. The van der Waals surface area contributed by atoms with E-state index in [9.17, 15) is 18.0 Å². The molecule has 0 aliphatic carbocycles. The van der Waals surface area contributed by atoms with Crippen molar-refractivity contribution >= 4 is 32.5 Å². The number of ether oxygens (including phenoxy) is 1. The molecule has 1 atom stereocenters. The highest BCUT2D eigenvalue weighted by Gasteiger charge is 2.23. The minimum atomic E-state index is -3.34. The standard InChI is InChI=1S/C19H17NO5S/c1-12(18(21)16-11-20-17-6-4-3-5-15(16)17)25-19(22)13-7-9-14(10-8-13)26(2,23)24/h3-12,20H,1-2H3/t12-/m1/s1. The molecule has 0 fully saturated rings. The number of Topliss-reactive ketones (excluding diaryl/α,β-unsaturated/α-hetero) is 1. The monoisotopic (exact) mass is 371 g/mol. The van der Waals surface area contributed by atoms with Gasteiger partial charge in [-0.05, 0) is 37.3 Å². The summed E-state index contributed by atoms with van der Waals surface area (Å²) in [5.74, 6) is -1.01. The van der Waals surface area contributed by atoms with Crippen LogP contribution in [0.15, 0.2) is 59.6 Å². The molecule has 0 unspecified atom stereocenters. The largest absolute Gasteiger partial charge is 0.451 e. The minimum Gasteiger partial charge on any atom is -0.451 e. The molecule has 26 heavy (non-hydrogen) atoms. The van der Waals surface area contributed by atoms with Crippen LogP contribution in [0.3, 0.4) is 0 Å². The molecule has 0 amide bonds. The lowest BCUT2D eigenvalue weighted by Crippen LogP contribution is -2.24. The fourth-order valence-corrected chi connectivity index (χ4v) is 3.25. The molecule has 3 rings (SSSR count). The number of H-pyrrole nitrogens is 1. The number of benzene rings is 2. The van der Waals surface area contributed by atoms with Crippen molar-refractivity contribution in [3.63, 3.8) is 0 Å². The molecule has 0 saturated heterocycles. The number of fused-ring (bicyclic) bond motifs is 1. The molecule has 0 radical (unpaired) electrons. The smallest absolute Gasteiger partial charge is 0.338 e. The van der Waals surface area contributed by atoms with Crippen LogP contribution < -0.4 is 0 Å². The van der Waals surface area contributed by atoms with E-state index in [1.807, 2.05) is 24.3 Å². The van der Waals surface area contributed by atoms with Crippen LogP contribution in [-0.2, 0) is 14.6 Å². The van der Waals surface area contributed by atoms with Crippen molar-refractivity contribution in [1.82, 2.24) is 4.98 Å². The van der Waals surface area contributed by atoms with Crippen LogP contribution in [0, 0.1) is 0 Å². The number of ketones is 1. The summed E-state index contributed by atoms with van der Waals surface area (Å²) in [5.41, 5.74) is 1.45. The molecule has 0 saturated carbocycles. The van der Waals surface area contributed by atoms with Gasteiger partial charge >= 0.3 is 5.97 Å². The van der Waals surface area contributed by atoms with Gasteiger partial charge in [-0.3, -0.25) is 4.79 Å². The lowest BCUT2D eigenvalue weighted by atomic mass is 10.1. The average molecular weight is 371 g/mol. The fraction of sp³-hybridized carbons (Fsp3) is 0.158. The number of aromatic nitrogens is 1. The van der Waals surface area contributed by atoms with Crippen LogP contribution >= 0.6 is 0 Å². The quantitative estimate of drug-likeness (QED) is 0.550. The van der Waals surface area contributed by atoms with Gasteiger partial charge in [0, 0.05) is 28.9 Å². The highest BCUT2D eigenvalue weighted by molar-refractivity contribution is 7.90. The van der Waals surface area contributed by atoms with Crippen molar-refractivity contribution in [2.75, 3.05) is 6.26 Å². The number of rotatable bonds is 5. The zero-order valence-electron chi connectivity index (χ0n) is 14.2. The second-order valence-electron chi connectivity index (χ2n) is 5.96. The van der Waals surface area contributed by atoms with E-state index < -0.39 is 21.9 Å². The lowest BCUT2D eigenvalue weighted by molar-refractivity contribution is 0.0319. The van der Waals surface area contributed by atoms with Gasteiger partial charge in [0.2, 0.25) is 5.78 Å². The second kappa shape index (κ2) is 6.76. The maximum absolute atomic E-state index is 12.6. The number of hydrogen-bond donors (Lipinski definition) is 1. The van der Waals surface area contributed by atoms with E-state index in [1.165, 1.54) is 31.2 Å². The molecule has 2 aromatic carbocycles. The Morgan fingerprint density at radius 1 is 1.04 bits per heavy atom. The molecule has 1 heterocycles. The molecule has 1 N–H and O–H groups in total. The van der Waals surface area contributed by atoms with Crippen molar-refractivity contribution in [3.8, 4) is 0 Å². The molecular weight excluding hydrogens is 354 g/mol. The van der Waals surface area contributed by atoms with Crippen LogP contribution in [0.4, 0.5) is 0 Å². The SMILES string of the molecule is C[C@@H](OC(=O)c1ccc(S(C)(=O)=O)cc1)C(=O)c1c[nH]c2ccccc12. The molecule has 6 nitrogen and oxygen atoms in total. The third-order valence-electron chi connectivity index (χ3n) is 4.03. The van der Waals surface area contributed by atoms with Crippen molar-refractivity contribution in [2.45, 2.75) is 17.9 Å². The van der Waals surface area contributed by atoms with Gasteiger partial charge < -0.3 is 9.72 Å². The van der Waals surface area contributed by atoms with Gasteiger partial charge in [0.25, 0.3) is 0 Å². The number of aromatic amines is 1. The summed E-state index contributed by atoms with van der Waals surface area (Å²) in [6.07, 6.45) is 1.71. The first-order valence-electron chi connectivity index (χ1n) is 7.89. The Kier molecular flexibility index (Phi) is 4.65. The fourth-order valence-electron chi connectivity index (χ4n) is 2.61. The number of carbonyl (C=O) groups is 2. The van der Waals surface area contributed by atoms with Crippen LogP contribution in [0.5, 0.6) is 0 Å². The topological polar surface area (TPSA) is 93.3 Å². The lowest BCUT2D eigenvalue weighted by Gasteiger charge is -2.12. The van der Waals surface area contributed by atoms with Crippen LogP contribution in [0.1, 0.15) is 27.6 Å². The van der Waals surface area contributed by atoms with Gasteiger partial charge in [0.1, 0.15) is 0 Å². The summed E-state index contributed by atoms with van der Waals surface area (Å²) in [7, 11) is -3.34. The van der Waals surface area contributed by atoms with Crippen molar-refractivity contribution in [3.05, 3.63) is 65.9 Å². The van der Waals surface area contributed by atoms with Gasteiger partial charge in [-0.25, -0.2) is 13.2 Å². The molecule has 0 aliphatic rings. The van der Waals surface area contributed by atoms with Crippen molar-refractivity contribution < 1.29 is 22.7 Å². The Hall–Kier alpha value is -2.93. The number of hydrogen-bond acceptors (Lipinski definition) is 5. The highest BCUT2D eigenvalue weighted by atomic mass is 32.2. The van der Waals surface area contributed by atoms with Gasteiger partial charge in [0.05, 0.1) is 10.5 Å². The number of nitrogens with one attached hydrogen (secondary N) is 1. The summed E-state index contributed by atoms with van der Waals surface area (Å²) in [6, 6.07) is 12.7. The predicted molar refractivity (Wildman–Crippen MR) is 97.1 cm³/mol. The summed E-state index contributed by atoms with van der Waals surface area (Å²) < 4.78 is 28.2. The van der Waals surface area contributed by atoms with E-state index in [0.717, 1.165) is 17.2 Å². The number of para-hydroxylation sites is 1. The van der Waals surface area contributed by atoms with Crippen LogP contribution in [-0.4, -0.2) is 37.5 Å². The first-order valence-corrected chi connectivity index (χ1v) is 9.78. The molecule has 0 aliphatic heterocycles. The van der Waals surface area contributed by atoms with Crippen molar-refractivity contribution in [1.29, 1.82) is 0 Å². The van der Waals surface area contributed by atoms with Gasteiger partial charge in [0.15, 0.2) is 15.9 Å². The van der Waals surface area contributed by atoms with E-state index in [-0.39, 0.29) is 16.2 Å². The Bertz CT molecular complexity index is 1080.